The summed E-state index contributed by atoms with van der Waals surface area (Å²) in [6, 6.07) is 0. The van der Waals surface area contributed by atoms with Crippen LogP contribution in [0, 0.1) is 0 Å². The summed E-state index contributed by atoms with van der Waals surface area (Å²) in [5.41, 5.74) is 0. The number of aliphatic hydroxyl groups is 2. The van der Waals surface area contributed by atoms with E-state index in [1.807, 2.05) is 0 Å². The lowest BCUT2D eigenvalue weighted by atomic mass is 10.4. The second kappa shape index (κ2) is 5.53. The molecule has 0 aromatic carbocycles. The van der Waals surface area contributed by atoms with E-state index in [2.05, 4.69) is 30.4 Å². The van der Waals surface area contributed by atoms with Gasteiger partial charge in [-0.3, -0.25) is 0 Å². The molecule has 0 aliphatic heterocycles. The number of thiol groups is 2. The van der Waals surface area contributed by atoms with Crippen LogP contribution in [-0.2, 0) is 4.74 Å². The molecule has 0 rings (SSSR count). The number of carbonyl (C=O) groups is 1. The zero-order chi connectivity index (χ0) is 8.85. The van der Waals surface area contributed by atoms with E-state index in [0.717, 1.165) is 0 Å². The maximum atomic E-state index is 10.5. The predicted octanol–water partition coefficient (Wildman–Crippen LogP) is -0.532. The molecule has 7 heteroatoms. The lowest BCUT2D eigenvalue weighted by Gasteiger charge is -2.10. The quantitative estimate of drug-likeness (QED) is 0.461. The molecule has 0 radical (unpaired) electrons. The van der Waals surface area contributed by atoms with E-state index in [4.69, 9.17) is 10.2 Å². The fourth-order valence-electron chi connectivity index (χ4n) is 0.278. The van der Waals surface area contributed by atoms with Crippen LogP contribution in [0.25, 0.3) is 0 Å². The van der Waals surface area contributed by atoms with E-state index in [9.17, 15) is 4.79 Å². The van der Waals surface area contributed by atoms with Gasteiger partial charge >= 0.3 is 6.09 Å². The Morgan fingerprint density at radius 2 is 2.18 bits per heavy atom. The highest BCUT2D eigenvalue weighted by molar-refractivity contribution is 7.94. The van der Waals surface area contributed by atoms with Crippen molar-refractivity contribution in [2.45, 2.75) is 6.10 Å². The Labute approximate surface area is 75.0 Å². The summed E-state index contributed by atoms with van der Waals surface area (Å²) in [5.74, 6) is 0. The van der Waals surface area contributed by atoms with Crippen molar-refractivity contribution in [1.29, 1.82) is 0 Å². The highest BCUT2D eigenvalue weighted by Gasteiger charge is 2.09. The maximum absolute atomic E-state index is 10.5. The Morgan fingerprint density at radius 1 is 1.64 bits per heavy atom. The molecule has 0 saturated carbocycles. The van der Waals surface area contributed by atoms with Gasteiger partial charge in [-0.25, -0.2) is 4.79 Å². The number of rotatable bonds is 3. The molecule has 0 fully saturated rings. The Morgan fingerprint density at radius 3 is 2.55 bits per heavy atom. The van der Waals surface area contributed by atoms with Gasteiger partial charge in [-0.2, -0.15) is 3.71 Å². The molecule has 2 N–H and O–H groups in total. The Bertz CT molecular complexity index is 131. The standard InChI is InChI=1S/C4H9NO4S2/c6-1-3(7)2-9-4(8)5(10)11/h3,6-7,10-11H,1-2H2. The molecule has 5 nitrogen and oxygen atoms in total. The molecule has 0 spiro atoms. The SMILES string of the molecule is O=C(OCC(O)CO)N(S)S. The van der Waals surface area contributed by atoms with Crippen molar-refractivity contribution in [3.63, 3.8) is 0 Å². The van der Waals surface area contributed by atoms with Gasteiger partial charge in [-0.1, -0.05) is 0 Å². The van der Waals surface area contributed by atoms with Gasteiger partial charge in [-0.15, -0.1) is 0 Å². The molecular formula is C4H9NO4S2. The minimum absolute atomic E-state index is 0.271. The van der Waals surface area contributed by atoms with Crippen molar-refractivity contribution < 1.29 is 19.7 Å². The summed E-state index contributed by atoms with van der Waals surface area (Å²) >= 11 is 7.01. The normalized spacial score (nSPS) is 12.4. The summed E-state index contributed by atoms with van der Waals surface area (Å²) in [6.45, 7) is -0.723. The van der Waals surface area contributed by atoms with Crippen LogP contribution >= 0.6 is 25.6 Å². The minimum atomic E-state index is -1.06. The molecule has 0 heterocycles. The summed E-state index contributed by atoms with van der Waals surface area (Å²) in [7, 11) is 0. The van der Waals surface area contributed by atoms with E-state index in [-0.39, 0.29) is 6.61 Å². The van der Waals surface area contributed by atoms with E-state index in [1.165, 1.54) is 0 Å². The minimum Gasteiger partial charge on any atom is -0.445 e. The van der Waals surface area contributed by atoms with E-state index in [0.29, 0.717) is 3.71 Å². The molecule has 66 valence electrons. The van der Waals surface area contributed by atoms with Gasteiger partial charge in [-0.05, 0) is 25.6 Å². The Hall–Kier alpha value is -0.110. The number of nitrogens with zero attached hydrogens (tertiary/aromatic N) is 1. The van der Waals surface area contributed by atoms with Crippen LogP contribution in [0.2, 0.25) is 0 Å². The molecule has 11 heavy (non-hydrogen) atoms. The Balaban J connectivity index is 3.46. The summed E-state index contributed by atoms with van der Waals surface area (Å²) in [4.78, 5) is 10.5. The lowest BCUT2D eigenvalue weighted by molar-refractivity contribution is 0.0310. The average Bonchev–Trinajstić information content (AvgIpc) is 1.99. The van der Waals surface area contributed by atoms with Crippen LogP contribution in [0.5, 0.6) is 0 Å². The highest BCUT2D eigenvalue weighted by Crippen LogP contribution is 2.00. The van der Waals surface area contributed by atoms with E-state index >= 15 is 0 Å². The fraction of sp³-hybridized carbons (Fsp3) is 0.750. The molecule has 0 aromatic rings. The number of carbonyl (C=O) groups excluding carboxylic acids is 1. The molecule has 1 unspecified atom stereocenters. The van der Waals surface area contributed by atoms with Gasteiger partial charge in [0.25, 0.3) is 0 Å². The molecule has 1 amide bonds. The van der Waals surface area contributed by atoms with Crippen LogP contribution in [0.1, 0.15) is 0 Å². The van der Waals surface area contributed by atoms with E-state index in [1.54, 1.807) is 0 Å². The molecule has 0 bridgehead atoms. The van der Waals surface area contributed by atoms with Crippen LogP contribution in [0.4, 0.5) is 4.79 Å². The first-order valence-corrected chi connectivity index (χ1v) is 3.51. The van der Waals surface area contributed by atoms with Crippen molar-refractivity contribution in [2.24, 2.45) is 0 Å². The van der Waals surface area contributed by atoms with Gasteiger partial charge in [0.15, 0.2) is 0 Å². The number of hydrogen-bond donors (Lipinski definition) is 4. The van der Waals surface area contributed by atoms with Gasteiger partial charge < -0.3 is 14.9 Å². The van der Waals surface area contributed by atoms with Crippen molar-refractivity contribution in [3.05, 3.63) is 0 Å². The van der Waals surface area contributed by atoms with E-state index < -0.39 is 18.8 Å². The third-order valence-corrected chi connectivity index (χ3v) is 1.10. The topological polar surface area (TPSA) is 70.0 Å². The third-order valence-electron chi connectivity index (χ3n) is 0.773. The summed E-state index contributed by atoms with van der Waals surface area (Å²) in [5, 5.41) is 17.0. The number of ether oxygens (including phenoxy) is 1. The number of hydrogen-bond acceptors (Lipinski definition) is 6. The first kappa shape index (κ1) is 10.9. The van der Waals surface area contributed by atoms with Crippen LogP contribution in [0.3, 0.4) is 0 Å². The second-order valence-electron chi connectivity index (χ2n) is 1.70. The van der Waals surface area contributed by atoms with Gasteiger partial charge in [0.1, 0.15) is 12.7 Å². The van der Waals surface area contributed by atoms with Crippen LogP contribution in [-0.4, -0.2) is 39.3 Å². The first-order valence-electron chi connectivity index (χ1n) is 2.71. The highest BCUT2D eigenvalue weighted by atomic mass is 32.2. The van der Waals surface area contributed by atoms with Crippen molar-refractivity contribution in [3.8, 4) is 0 Å². The van der Waals surface area contributed by atoms with Gasteiger partial charge in [0.2, 0.25) is 0 Å². The predicted molar refractivity (Wildman–Crippen MR) is 44.3 cm³/mol. The largest absolute Gasteiger partial charge is 0.445 e. The Kier molecular flexibility index (Phi) is 5.47. The van der Waals surface area contributed by atoms with Gasteiger partial charge in [0, 0.05) is 0 Å². The maximum Gasteiger partial charge on any atom is 0.430 e. The molecule has 0 saturated heterocycles. The number of amides is 1. The smallest absolute Gasteiger partial charge is 0.430 e. The molecule has 0 aromatic heterocycles. The second-order valence-corrected chi connectivity index (χ2v) is 2.82. The molecule has 0 aliphatic rings. The summed E-state index contributed by atoms with van der Waals surface area (Å²) in [6.07, 6.45) is -1.86. The fourth-order valence-corrected chi connectivity index (χ4v) is 0.393. The zero-order valence-electron chi connectivity index (χ0n) is 5.54. The lowest BCUT2D eigenvalue weighted by Crippen LogP contribution is -2.24. The third kappa shape index (κ3) is 5.19. The molecule has 1 atom stereocenters. The molecular weight excluding hydrogens is 190 g/mol. The average molecular weight is 199 g/mol. The van der Waals surface area contributed by atoms with Crippen molar-refractivity contribution in [1.82, 2.24) is 3.71 Å². The van der Waals surface area contributed by atoms with Crippen LogP contribution in [0.15, 0.2) is 0 Å². The van der Waals surface area contributed by atoms with Crippen molar-refractivity contribution in [2.75, 3.05) is 13.2 Å². The monoisotopic (exact) mass is 199 g/mol. The zero-order valence-corrected chi connectivity index (χ0v) is 7.33. The van der Waals surface area contributed by atoms with Gasteiger partial charge in [0.05, 0.1) is 6.61 Å². The summed E-state index contributed by atoms with van der Waals surface area (Å²) < 4.78 is 5.01. The van der Waals surface area contributed by atoms with Crippen LogP contribution < -0.4 is 0 Å². The number of aliphatic hydroxyl groups excluding tert-OH is 2. The molecule has 0 aliphatic carbocycles. The van der Waals surface area contributed by atoms with Crippen molar-refractivity contribution >= 4 is 31.7 Å². The first-order chi connectivity index (χ1) is 5.07.